The Morgan fingerprint density at radius 1 is 1.27 bits per heavy atom. The summed E-state index contributed by atoms with van der Waals surface area (Å²) in [5.74, 6) is 6.40. The first-order valence-corrected chi connectivity index (χ1v) is 12.5. The maximum absolute atomic E-state index is 12.9. The molecule has 4 N–H and O–H groups in total. The molecule has 2 heterocycles. The van der Waals surface area contributed by atoms with E-state index >= 15 is 0 Å². The molecule has 1 amide bonds. The lowest BCUT2D eigenvalue weighted by molar-refractivity contribution is 0.0896. The first kappa shape index (κ1) is 24.6. The predicted octanol–water partition coefficient (Wildman–Crippen LogP) is 4.02. The van der Waals surface area contributed by atoms with Crippen molar-refractivity contribution in [3.05, 3.63) is 77.9 Å². The summed E-state index contributed by atoms with van der Waals surface area (Å²) in [4.78, 5) is 21.9. The summed E-state index contributed by atoms with van der Waals surface area (Å²) in [5, 5.41) is 15.8. The van der Waals surface area contributed by atoms with E-state index in [1.165, 1.54) is 10.6 Å². The molecule has 0 radical (unpaired) electrons. The number of anilines is 1. The topological polar surface area (TPSA) is 135 Å². The molecular weight excluding hydrogens is 468 g/mol. The molecule has 2 aromatic heterocycles. The van der Waals surface area contributed by atoms with Crippen LogP contribution in [-0.2, 0) is 11.8 Å². The molecule has 37 heavy (non-hydrogen) atoms. The first-order valence-electron chi connectivity index (χ1n) is 12.5. The van der Waals surface area contributed by atoms with Crippen LogP contribution in [0.3, 0.4) is 0 Å². The van der Waals surface area contributed by atoms with Gasteiger partial charge in [0.15, 0.2) is 0 Å². The van der Waals surface area contributed by atoms with Gasteiger partial charge in [-0.2, -0.15) is 0 Å². The smallest absolute Gasteiger partial charge is 0.309 e. The molecule has 1 saturated carbocycles. The molecule has 0 aliphatic heterocycles. The first-order chi connectivity index (χ1) is 17.8. The van der Waals surface area contributed by atoms with Crippen molar-refractivity contribution in [1.82, 2.24) is 30.5 Å². The van der Waals surface area contributed by atoms with E-state index in [4.69, 9.17) is 10.3 Å². The molecule has 1 fully saturated rings. The van der Waals surface area contributed by atoms with Gasteiger partial charge in [-0.3, -0.25) is 4.79 Å². The number of nitrogens with one attached hydrogen (secondary N) is 2. The molecule has 10 heteroatoms. The number of aromatic nitrogens is 4. The third-order valence-electron chi connectivity index (χ3n) is 6.92. The van der Waals surface area contributed by atoms with Crippen LogP contribution in [0.25, 0.3) is 11.3 Å². The van der Waals surface area contributed by atoms with Crippen molar-refractivity contribution in [1.29, 1.82) is 0 Å². The Hall–Kier alpha value is -4.05. The van der Waals surface area contributed by atoms with Gasteiger partial charge < -0.3 is 20.1 Å². The van der Waals surface area contributed by atoms with E-state index in [9.17, 15) is 4.79 Å². The number of fused-ring (bicyclic) bond motifs is 1. The van der Waals surface area contributed by atoms with Gasteiger partial charge >= 0.3 is 11.8 Å². The number of benzene rings is 1. The van der Waals surface area contributed by atoms with Gasteiger partial charge in [-0.1, -0.05) is 32.1 Å². The monoisotopic (exact) mass is 500 g/mol. The summed E-state index contributed by atoms with van der Waals surface area (Å²) in [6.07, 6.45) is 10.9. The van der Waals surface area contributed by atoms with Crippen molar-refractivity contribution in [3.8, 4) is 11.3 Å². The summed E-state index contributed by atoms with van der Waals surface area (Å²) >= 11 is 0. The minimum atomic E-state index is -0.328. The number of hydrogen-bond acceptors (Lipinski definition) is 9. The predicted molar refractivity (Wildman–Crippen MR) is 140 cm³/mol. The lowest BCUT2D eigenvalue weighted by Gasteiger charge is -2.19. The lowest BCUT2D eigenvalue weighted by Crippen LogP contribution is -2.29. The molecule has 0 spiro atoms. The minimum absolute atomic E-state index is 0.0281. The van der Waals surface area contributed by atoms with E-state index in [1.807, 2.05) is 12.1 Å². The van der Waals surface area contributed by atoms with Crippen molar-refractivity contribution in [3.63, 3.8) is 0 Å². The van der Waals surface area contributed by atoms with Gasteiger partial charge in [0.05, 0.1) is 17.4 Å². The van der Waals surface area contributed by atoms with Gasteiger partial charge in [0, 0.05) is 30.4 Å². The van der Waals surface area contributed by atoms with Crippen molar-refractivity contribution < 1.29 is 9.21 Å². The number of rotatable bonds is 8. The Kier molecular flexibility index (Phi) is 6.75. The highest BCUT2D eigenvalue weighted by molar-refractivity contribution is 5.89. The zero-order valence-electron chi connectivity index (χ0n) is 21.2. The highest BCUT2D eigenvalue weighted by atomic mass is 16.4. The van der Waals surface area contributed by atoms with Crippen molar-refractivity contribution in [2.75, 3.05) is 12.4 Å². The fourth-order valence-corrected chi connectivity index (χ4v) is 4.54. The highest BCUT2D eigenvalue weighted by Crippen LogP contribution is 2.46. The molecular formula is C27H32N8O2. The van der Waals surface area contributed by atoms with Crippen molar-refractivity contribution in [2.24, 2.45) is 5.84 Å². The van der Waals surface area contributed by atoms with Gasteiger partial charge in [-0.15, -0.1) is 10.2 Å². The van der Waals surface area contributed by atoms with Crippen LogP contribution in [0.1, 0.15) is 72.8 Å². The number of amides is 1. The summed E-state index contributed by atoms with van der Waals surface area (Å²) in [5.41, 5.74) is 4.69. The van der Waals surface area contributed by atoms with Gasteiger partial charge in [0.1, 0.15) is 0 Å². The van der Waals surface area contributed by atoms with Crippen LogP contribution in [0.5, 0.6) is 0 Å². The van der Waals surface area contributed by atoms with E-state index in [0.29, 0.717) is 17.5 Å². The molecule has 1 atom stereocenters. The summed E-state index contributed by atoms with van der Waals surface area (Å²) in [7, 11) is 1.72. The quantitative estimate of drug-likeness (QED) is 0.181. The second-order valence-corrected chi connectivity index (χ2v) is 10.0. The Labute approximate surface area is 216 Å². The molecule has 2 aliphatic rings. The summed E-state index contributed by atoms with van der Waals surface area (Å²) in [6.45, 7) is 5.87. The molecule has 1 aromatic carbocycles. The van der Waals surface area contributed by atoms with E-state index in [2.05, 4.69) is 56.4 Å². The second kappa shape index (κ2) is 10.1. The fraction of sp³-hybridized carbons (Fsp3) is 0.370. The molecule has 0 unspecified atom stereocenters. The highest BCUT2D eigenvalue weighted by Gasteiger charge is 2.44. The molecule has 192 valence electrons. The van der Waals surface area contributed by atoms with Crippen LogP contribution in [0.2, 0.25) is 0 Å². The maximum atomic E-state index is 12.9. The average molecular weight is 501 g/mol. The number of carbonyl (C=O) groups excluding carboxylic acids is 1. The van der Waals surface area contributed by atoms with E-state index in [0.717, 1.165) is 55.3 Å². The van der Waals surface area contributed by atoms with E-state index in [1.54, 1.807) is 25.5 Å². The average Bonchev–Trinajstić information content (AvgIpc) is 3.49. The fourth-order valence-electron chi connectivity index (χ4n) is 4.54. The normalized spacial score (nSPS) is 18.4. The molecule has 0 saturated heterocycles. The number of nitrogens with zero attached hydrogens (tertiary/aromatic N) is 5. The van der Waals surface area contributed by atoms with Gasteiger partial charge in [0.25, 0.3) is 0 Å². The van der Waals surface area contributed by atoms with Crippen LogP contribution >= 0.6 is 0 Å². The number of allylic oxidation sites excluding steroid dienone is 1. The molecule has 5 rings (SSSR count). The van der Waals surface area contributed by atoms with Crippen molar-refractivity contribution in [2.45, 2.75) is 56.9 Å². The number of nitrogens with two attached hydrogens (primary N) is 1. The Morgan fingerprint density at radius 2 is 2.11 bits per heavy atom. The third-order valence-corrected chi connectivity index (χ3v) is 6.92. The van der Waals surface area contributed by atoms with E-state index < -0.39 is 0 Å². The lowest BCUT2D eigenvalue weighted by atomic mass is 9.95. The number of hydrogen-bond donors (Lipinski definition) is 3. The zero-order chi connectivity index (χ0) is 26.0. The van der Waals surface area contributed by atoms with Crippen LogP contribution in [0.15, 0.2) is 59.4 Å². The molecule has 2 aliphatic carbocycles. The molecule has 3 aromatic rings. The number of aryl methyl sites for hydroxylation is 1. The Morgan fingerprint density at radius 3 is 2.86 bits per heavy atom. The molecule has 10 nitrogen and oxygen atoms in total. The van der Waals surface area contributed by atoms with Crippen molar-refractivity contribution >= 4 is 11.9 Å². The van der Waals surface area contributed by atoms with Gasteiger partial charge in [0.2, 0.25) is 11.8 Å². The van der Waals surface area contributed by atoms with Crippen LogP contribution < -0.4 is 16.5 Å². The summed E-state index contributed by atoms with van der Waals surface area (Å²) in [6, 6.07) is 8.03. The maximum Gasteiger partial charge on any atom is 0.309 e. The number of hydrazine groups is 1. The third kappa shape index (κ3) is 5.54. The van der Waals surface area contributed by atoms with Crippen LogP contribution in [0.4, 0.5) is 5.95 Å². The SMILES string of the molecule is C=C/C(=C\N(C)N)Nc1nccc(-c2ccc3c(c2)CCCC[C@H]3NC(=O)c2nnc(C3(C)CC3)o2)n1. The minimum Gasteiger partial charge on any atom is -0.416 e. The zero-order valence-corrected chi connectivity index (χ0v) is 21.2. The van der Waals surface area contributed by atoms with Gasteiger partial charge in [-0.25, -0.2) is 15.8 Å². The Bertz CT molecular complexity index is 1340. The van der Waals surface area contributed by atoms with E-state index in [-0.39, 0.29) is 23.3 Å². The van der Waals surface area contributed by atoms with Gasteiger partial charge in [-0.05, 0) is 61.4 Å². The molecule has 0 bridgehead atoms. The van der Waals surface area contributed by atoms with Crippen LogP contribution in [-0.4, -0.2) is 38.1 Å². The largest absolute Gasteiger partial charge is 0.416 e. The standard InChI is InChI=1S/C27H32N8O2/c1-4-19(16-35(3)28)30-26-29-14-11-21(32-26)18-9-10-20-17(15-18)7-5-6-8-22(20)31-23(36)24-33-34-25(37-24)27(2)12-13-27/h4,9-11,14-16,22H,1,5-8,12-13,28H2,2-3H3,(H,31,36)(H,29,30,32)/b19-16+/t22-/m1/s1. The second-order valence-electron chi connectivity index (χ2n) is 10.0. The summed E-state index contributed by atoms with van der Waals surface area (Å²) < 4.78 is 5.70. The van der Waals surface area contributed by atoms with Crippen LogP contribution in [0, 0.1) is 0 Å². The Balaban J connectivity index is 1.35. The number of carbonyl (C=O) groups is 1.